The summed E-state index contributed by atoms with van der Waals surface area (Å²) in [4.78, 5) is 34.5. The molecule has 0 aliphatic carbocycles. The number of aromatic hydroxyl groups is 2. The van der Waals surface area contributed by atoms with E-state index in [0.29, 0.717) is 12.1 Å². The third-order valence-corrected chi connectivity index (χ3v) is 3.45. The van der Waals surface area contributed by atoms with Crippen LogP contribution in [0.1, 0.15) is 47.4 Å². The summed E-state index contributed by atoms with van der Waals surface area (Å²) in [5.41, 5.74) is 0.730. The van der Waals surface area contributed by atoms with Gasteiger partial charge in [0.25, 0.3) is 5.91 Å². The van der Waals surface area contributed by atoms with Gasteiger partial charge in [0.2, 0.25) is 5.91 Å². The largest absolute Gasteiger partial charge is 0.508 e. The molecule has 28 heavy (non-hydrogen) atoms. The van der Waals surface area contributed by atoms with Gasteiger partial charge >= 0.3 is 5.97 Å². The van der Waals surface area contributed by atoms with Gasteiger partial charge in [-0.05, 0) is 42.8 Å². The van der Waals surface area contributed by atoms with Crippen LogP contribution < -0.4 is 10.6 Å². The van der Waals surface area contributed by atoms with Crippen LogP contribution in [-0.4, -0.2) is 39.6 Å². The minimum atomic E-state index is -1.04. The van der Waals surface area contributed by atoms with Gasteiger partial charge in [-0.15, -0.1) is 0 Å². The van der Waals surface area contributed by atoms with Crippen molar-refractivity contribution in [3.05, 3.63) is 53.6 Å². The number of hydrogen-bond acceptors (Lipinski definition) is 5. The van der Waals surface area contributed by atoms with Gasteiger partial charge in [-0.2, -0.15) is 0 Å². The highest BCUT2D eigenvalue weighted by Crippen LogP contribution is 2.20. The van der Waals surface area contributed by atoms with Crippen molar-refractivity contribution in [2.24, 2.45) is 0 Å². The van der Waals surface area contributed by atoms with Crippen LogP contribution in [0.15, 0.2) is 42.5 Å². The molecule has 2 rings (SSSR count). The third-order valence-electron chi connectivity index (χ3n) is 3.45. The zero-order valence-corrected chi connectivity index (χ0v) is 15.7. The molecule has 0 fully saturated rings. The average molecular weight is 388 g/mol. The molecule has 0 aromatic heterocycles. The number of carbonyl (C=O) groups is 3. The molecule has 0 spiro atoms. The highest BCUT2D eigenvalue weighted by molar-refractivity contribution is 5.95. The van der Waals surface area contributed by atoms with Crippen LogP contribution in [0.2, 0.25) is 0 Å². The summed E-state index contributed by atoms with van der Waals surface area (Å²) in [5.74, 6) is -2.22. The van der Waals surface area contributed by atoms with E-state index in [1.165, 1.54) is 36.4 Å². The molecule has 2 aromatic carbocycles. The maximum atomic E-state index is 11.9. The van der Waals surface area contributed by atoms with E-state index in [4.69, 9.17) is 5.11 Å². The van der Waals surface area contributed by atoms with Crippen LogP contribution in [0, 0.1) is 0 Å². The standard InChI is InChI=1S/C18H18N2O6.C2H6/c21-14-8-12(9-15(22)10-14)17(24)19-7-1-2-16(23)20-13-5-3-11(4-6-13)18(25)26;1-2/h3-6,8-10,21-22H,1-2,7H2,(H,19,24)(H,20,23)(H,25,26);1-2H3. The lowest BCUT2D eigenvalue weighted by molar-refractivity contribution is -0.116. The lowest BCUT2D eigenvalue weighted by Crippen LogP contribution is -2.25. The van der Waals surface area contributed by atoms with E-state index in [-0.39, 0.29) is 41.5 Å². The van der Waals surface area contributed by atoms with E-state index in [1.807, 2.05) is 13.8 Å². The molecule has 5 N–H and O–H groups in total. The number of benzene rings is 2. The fourth-order valence-electron chi connectivity index (χ4n) is 2.20. The number of aromatic carboxylic acids is 1. The lowest BCUT2D eigenvalue weighted by atomic mass is 10.2. The van der Waals surface area contributed by atoms with Gasteiger partial charge in [0, 0.05) is 30.3 Å². The van der Waals surface area contributed by atoms with E-state index >= 15 is 0 Å². The predicted octanol–water partition coefficient (Wildman–Crippen LogP) is 2.97. The molecule has 0 aliphatic heterocycles. The normalized spacial score (nSPS) is 9.64. The minimum Gasteiger partial charge on any atom is -0.508 e. The smallest absolute Gasteiger partial charge is 0.335 e. The Labute approximate surface area is 162 Å². The Morgan fingerprint density at radius 1 is 0.893 bits per heavy atom. The fourth-order valence-corrected chi connectivity index (χ4v) is 2.20. The number of amides is 2. The topological polar surface area (TPSA) is 136 Å². The summed E-state index contributed by atoms with van der Waals surface area (Å²) in [6, 6.07) is 9.34. The van der Waals surface area contributed by atoms with Gasteiger partial charge in [0.05, 0.1) is 5.56 Å². The van der Waals surface area contributed by atoms with Gasteiger partial charge in [-0.3, -0.25) is 9.59 Å². The quantitative estimate of drug-likeness (QED) is 0.463. The zero-order valence-electron chi connectivity index (χ0n) is 15.7. The zero-order chi connectivity index (χ0) is 21.1. The molecule has 0 heterocycles. The van der Waals surface area contributed by atoms with Crippen LogP contribution in [-0.2, 0) is 4.79 Å². The van der Waals surface area contributed by atoms with Crippen molar-refractivity contribution >= 4 is 23.5 Å². The summed E-state index contributed by atoms with van der Waals surface area (Å²) in [6.07, 6.45) is 0.543. The Balaban J connectivity index is 0.00000190. The second-order valence-electron chi connectivity index (χ2n) is 5.53. The number of carboxylic acids is 1. The molecular weight excluding hydrogens is 364 g/mol. The van der Waals surface area contributed by atoms with Crippen LogP contribution in [0.5, 0.6) is 11.5 Å². The second-order valence-corrected chi connectivity index (χ2v) is 5.53. The summed E-state index contributed by atoms with van der Waals surface area (Å²) in [7, 11) is 0. The Hall–Kier alpha value is -3.55. The summed E-state index contributed by atoms with van der Waals surface area (Å²) >= 11 is 0. The Kier molecular flexibility index (Phi) is 9.02. The number of rotatable bonds is 7. The highest BCUT2D eigenvalue weighted by atomic mass is 16.4. The molecule has 150 valence electrons. The SMILES string of the molecule is CC.O=C(CCCNC(=O)c1cc(O)cc(O)c1)Nc1ccc(C(=O)O)cc1. The van der Waals surface area contributed by atoms with Gasteiger partial charge < -0.3 is 26.0 Å². The molecule has 0 atom stereocenters. The lowest BCUT2D eigenvalue weighted by Gasteiger charge is -2.07. The predicted molar refractivity (Wildman–Crippen MR) is 105 cm³/mol. The second kappa shape index (κ2) is 11.2. The number of hydrogen-bond donors (Lipinski definition) is 5. The number of phenols is 2. The van der Waals surface area contributed by atoms with Crippen molar-refractivity contribution in [3.63, 3.8) is 0 Å². The fraction of sp³-hybridized carbons (Fsp3) is 0.250. The Morgan fingerprint density at radius 2 is 1.46 bits per heavy atom. The van der Waals surface area contributed by atoms with Gasteiger partial charge in [0.1, 0.15) is 11.5 Å². The van der Waals surface area contributed by atoms with E-state index in [9.17, 15) is 24.6 Å². The van der Waals surface area contributed by atoms with E-state index in [2.05, 4.69) is 10.6 Å². The first kappa shape index (κ1) is 22.5. The molecule has 2 aromatic rings. The molecule has 8 nitrogen and oxygen atoms in total. The van der Waals surface area contributed by atoms with Crippen LogP contribution >= 0.6 is 0 Å². The Morgan fingerprint density at radius 3 is 2.00 bits per heavy atom. The van der Waals surface area contributed by atoms with Gasteiger partial charge in [-0.1, -0.05) is 13.8 Å². The molecule has 0 saturated carbocycles. The molecular formula is C20H24N2O6. The summed E-state index contributed by atoms with van der Waals surface area (Å²) < 4.78 is 0. The maximum Gasteiger partial charge on any atom is 0.335 e. The number of carbonyl (C=O) groups excluding carboxylic acids is 2. The van der Waals surface area contributed by atoms with Gasteiger partial charge in [-0.25, -0.2) is 4.79 Å². The van der Waals surface area contributed by atoms with E-state index < -0.39 is 11.9 Å². The van der Waals surface area contributed by atoms with Gasteiger partial charge in [0.15, 0.2) is 0 Å². The molecule has 2 amide bonds. The molecule has 0 radical (unpaired) electrons. The number of nitrogens with one attached hydrogen (secondary N) is 2. The number of anilines is 1. The monoisotopic (exact) mass is 388 g/mol. The highest BCUT2D eigenvalue weighted by Gasteiger charge is 2.09. The van der Waals surface area contributed by atoms with Crippen molar-refractivity contribution in [2.45, 2.75) is 26.7 Å². The molecule has 0 unspecified atom stereocenters. The van der Waals surface area contributed by atoms with Crippen molar-refractivity contribution in [1.29, 1.82) is 0 Å². The maximum absolute atomic E-state index is 11.9. The van der Waals surface area contributed by atoms with Crippen LogP contribution in [0.4, 0.5) is 5.69 Å². The Bertz CT molecular complexity index is 798. The van der Waals surface area contributed by atoms with E-state index in [0.717, 1.165) is 6.07 Å². The number of phenolic OH excluding ortho intramolecular Hbond substituents is 2. The summed E-state index contributed by atoms with van der Waals surface area (Å²) in [5, 5.41) is 32.7. The molecule has 0 saturated heterocycles. The van der Waals surface area contributed by atoms with E-state index in [1.54, 1.807) is 0 Å². The third kappa shape index (κ3) is 7.36. The van der Waals surface area contributed by atoms with Crippen molar-refractivity contribution in [2.75, 3.05) is 11.9 Å². The first-order chi connectivity index (χ1) is 13.3. The first-order valence-corrected chi connectivity index (χ1v) is 8.79. The average Bonchev–Trinajstić information content (AvgIpc) is 2.66. The first-order valence-electron chi connectivity index (χ1n) is 8.79. The molecule has 0 bridgehead atoms. The minimum absolute atomic E-state index is 0.116. The molecule has 0 aliphatic rings. The van der Waals surface area contributed by atoms with Crippen molar-refractivity contribution < 1.29 is 29.7 Å². The number of carboxylic acid groups (broad SMARTS) is 1. The molecule has 8 heteroatoms. The van der Waals surface area contributed by atoms with Crippen molar-refractivity contribution in [1.82, 2.24) is 5.32 Å². The summed E-state index contributed by atoms with van der Waals surface area (Å²) in [6.45, 7) is 4.24. The van der Waals surface area contributed by atoms with Crippen LogP contribution in [0.3, 0.4) is 0 Å². The van der Waals surface area contributed by atoms with Crippen molar-refractivity contribution in [3.8, 4) is 11.5 Å². The van der Waals surface area contributed by atoms with Crippen LogP contribution in [0.25, 0.3) is 0 Å².